The second kappa shape index (κ2) is 7.07. The van der Waals surface area contributed by atoms with Gasteiger partial charge in [0.05, 0.1) is 12.0 Å². The fraction of sp³-hybridized carbons (Fsp3) is 0.526. The highest BCUT2D eigenvalue weighted by Crippen LogP contribution is 2.31. The Kier molecular flexibility index (Phi) is 5.00. The monoisotopic (exact) mass is 360 g/mol. The summed E-state index contributed by atoms with van der Waals surface area (Å²) in [6.45, 7) is 2.71. The number of aliphatic carboxylic acids is 1. The highest BCUT2D eigenvalue weighted by atomic mass is 16.4. The van der Waals surface area contributed by atoms with Crippen molar-refractivity contribution < 1.29 is 24.6 Å². The molecular weight excluding hydrogens is 336 g/mol. The van der Waals surface area contributed by atoms with Gasteiger partial charge >= 0.3 is 5.97 Å². The first kappa shape index (κ1) is 18.4. The molecule has 2 heterocycles. The van der Waals surface area contributed by atoms with Crippen molar-refractivity contribution in [2.75, 3.05) is 19.6 Å². The van der Waals surface area contributed by atoms with E-state index in [-0.39, 0.29) is 50.2 Å². The Morgan fingerprint density at radius 3 is 2.38 bits per heavy atom. The van der Waals surface area contributed by atoms with Crippen LogP contribution >= 0.6 is 0 Å². The van der Waals surface area contributed by atoms with E-state index in [0.29, 0.717) is 6.54 Å². The van der Waals surface area contributed by atoms with E-state index in [1.165, 1.54) is 0 Å². The number of hydrogen-bond donors (Lipinski definition) is 2. The van der Waals surface area contributed by atoms with Crippen molar-refractivity contribution in [3.63, 3.8) is 0 Å². The fourth-order valence-corrected chi connectivity index (χ4v) is 3.75. The van der Waals surface area contributed by atoms with Crippen molar-refractivity contribution in [3.05, 3.63) is 35.9 Å². The summed E-state index contributed by atoms with van der Waals surface area (Å²) in [5.74, 6) is -1.83. The molecule has 0 aliphatic carbocycles. The Labute approximate surface area is 152 Å². The van der Waals surface area contributed by atoms with Gasteiger partial charge in [-0.3, -0.25) is 9.59 Å². The third-order valence-corrected chi connectivity index (χ3v) is 5.56. The predicted octanol–water partition coefficient (Wildman–Crippen LogP) is 1.03. The van der Waals surface area contributed by atoms with Gasteiger partial charge in [0.15, 0.2) is 5.60 Å². The summed E-state index contributed by atoms with van der Waals surface area (Å²) in [5.41, 5.74) is -0.727. The SMILES string of the molecule is CC(c1ccccc1)N1CC(C(=O)N2CCC(O)(C(=O)O)CC2)CC1=O. The molecule has 0 aromatic heterocycles. The summed E-state index contributed by atoms with van der Waals surface area (Å²) in [5, 5.41) is 19.1. The third-order valence-electron chi connectivity index (χ3n) is 5.56. The number of benzene rings is 1. The van der Waals surface area contributed by atoms with Crippen LogP contribution in [-0.4, -0.2) is 63.0 Å². The molecule has 0 bridgehead atoms. The molecule has 0 saturated carbocycles. The van der Waals surface area contributed by atoms with Crippen LogP contribution in [0.4, 0.5) is 0 Å². The summed E-state index contributed by atoms with van der Waals surface area (Å²) in [6.07, 6.45) is 0.202. The van der Waals surface area contributed by atoms with Gasteiger partial charge < -0.3 is 20.0 Å². The third kappa shape index (κ3) is 3.44. The quantitative estimate of drug-likeness (QED) is 0.836. The molecule has 7 heteroatoms. The van der Waals surface area contributed by atoms with Crippen LogP contribution in [-0.2, 0) is 14.4 Å². The van der Waals surface area contributed by atoms with Crippen LogP contribution in [0.5, 0.6) is 0 Å². The number of carbonyl (C=O) groups excluding carboxylic acids is 2. The molecule has 0 spiro atoms. The zero-order chi connectivity index (χ0) is 18.9. The lowest BCUT2D eigenvalue weighted by Crippen LogP contribution is -2.52. The van der Waals surface area contributed by atoms with Gasteiger partial charge in [0, 0.05) is 38.9 Å². The number of amides is 2. The van der Waals surface area contributed by atoms with Gasteiger partial charge in [0.2, 0.25) is 11.8 Å². The minimum absolute atomic E-state index is 0.0128. The van der Waals surface area contributed by atoms with Crippen molar-refractivity contribution in [1.82, 2.24) is 9.80 Å². The summed E-state index contributed by atoms with van der Waals surface area (Å²) in [6, 6.07) is 9.59. The fourth-order valence-electron chi connectivity index (χ4n) is 3.75. The minimum Gasteiger partial charge on any atom is -0.479 e. The van der Waals surface area contributed by atoms with Gasteiger partial charge in [-0.25, -0.2) is 4.79 Å². The van der Waals surface area contributed by atoms with Crippen LogP contribution in [0.2, 0.25) is 0 Å². The largest absolute Gasteiger partial charge is 0.479 e. The number of nitrogens with zero attached hydrogens (tertiary/aromatic N) is 2. The van der Waals surface area contributed by atoms with E-state index in [9.17, 15) is 19.5 Å². The molecule has 140 valence electrons. The second-order valence-electron chi connectivity index (χ2n) is 7.20. The van der Waals surface area contributed by atoms with E-state index in [1.807, 2.05) is 37.3 Å². The zero-order valence-corrected chi connectivity index (χ0v) is 14.8. The van der Waals surface area contributed by atoms with Crippen LogP contribution in [0.3, 0.4) is 0 Å². The minimum atomic E-state index is -1.75. The average Bonchev–Trinajstić information content (AvgIpc) is 3.03. The van der Waals surface area contributed by atoms with Gasteiger partial charge in [-0.15, -0.1) is 0 Å². The Morgan fingerprint density at radius 1 is 1.19 bits per heavy atom. The van der Waals surface area contributed by atoms with Crippen LogP contribution < -0.4 is 0 Å². The molecule has 2 saturated heterocycles. The smallest absolute Gasteiger partial charge is 0.335 e. The molecule has 1 aromatic carbocycles. The standard InChI is InChI=1S/C19H24N2O5/c1-13(14-5-3-2-4-6-14)21-12-15(11-16(21)22)17(23)20-9-7-19(26,8-10-20)18(24)25/h2-6,13,15,26H,7-12H2,1H3,(H,24,25). The Morgan fingerprint density at radius 2 is 1.81 bits per heavy atom. The lowest BCUT2D eigenvalue weighted by atomic mass is 9.91. The normalized spacial score (nSPS) is 23.8. The van der Waals surface area contributed by atoms with Crippen molar-refractivity contribution in [2.45, 2.75) is 37.8 Å². The number of piperidine rings is 1. The second-order valence-corrected chi connectivity index (χ2v) is 7.20. The molecule has 2 amide bonds. The number of hydrogen-bond acceptors (Lipinski definition) is 4. The van der Waals surface area contributed by atoms with Gasteiger partial charge in [0.25, 0.3) is 0 Å². The summed E-state index contributed by atoms with van der Waals surface area (Å²) < 4.78 is 0. The Bertz CT molecular complexity index is 697. The number of carboxylic acids is 1. The molecular formula is C19H24N2O5. The predicted molar refractivity (Wildman–Crippen MR) is 93.1 cm³/mol. The number of carboxylic acid groups (broad SMARTS) is 1. The van der Waals surface area contributed by atoms with Crippen molar-refractivity contribution in [1.29, 1.82) is 0 Å². The van der Waals surface area contributed by atoms with Gasteiger partial charge in [-0.2, -0.15) is 0 Å². The molecule has 0 radical (unpaired) electrons. The van der Waals surface area contributed by atoms with E-state index < -0.39 is 17.5 Å². The molecule has 2 aliphatic rings. The first-order valence-corrected chi connectivity index (χ1v) is 8.91. The van der Waals surface area contributed by atoms with E-state index in [2.05, 4.69) is 0 Å². The summed E-state index contributed by atoms with van der Waals surface area (Å²) >= 11 is 0. The lowest BCUT2D eigenvalue weighted by Gasteiger charge is -2.36. The number of likely N-dealkylation sites (tertiary alicyclic amines) is 2. The summed E-state index contributed by atoms with van der Waals surface area (Å²) in [4.78, 5) is 39.6. The van der Waals surface area contributed by atoms with E-state index in [1.54, 1.807) is 9.80 Å². The van der Waals surface area contributed by atoms with Gasteiger partial charge in [-0.1, -0.05) is 30.3 Å². The van der Waals surface area contributed by atoms with E-state index >= 15 is 0 Å². The molecule has 2 atom stereocenters. The van der Waals surface area contributed by atoms with Crippen LogP contribution in [0.25, 0.3) is 0 Å². The Hall–Kier alpha value is -2.41. The van der Waals surface area contributed by atoms with Crippen molar-refractivity contribution >= 4 is 17.8 Å². The van der Waals surface area contributed by atoms with Gasteiger partial charge in [0.1, 0.15) is 0 Å². The molecule has 26 heavy (non-hydrogen) atoms. The zero-order valence-electron chi connectivity index (χ0n) is 14.8. The highest BCUT2D eigenvalue weighted by Gasteiger charge is 2.43. The molecule has 3 rings (SSSR count). The lowest BCUT2D eigenvalue weighted by molar-refractivity contribution is -0.165. The highest BCUT2D eigenvalue weighted by molar-refractivity contribution is 5.89. The maximum atomic E-state index is 12.7. The molecule has 7 nitrogen and oxygen atoms in total. The van der Waals surface area contributed by atoms with Crippen molar-refractivity contribution in [3.8, 4) is 0 Å². The maximum absolute atomic E-state index is 12.7. The van der Waals surface area contributed by atoms with Crippen LogP contribution in [0.1, 0.15) is 37.8 Å². The Balaban J connectivity index is 1.62. The van der Waals surface area contributed by atoms with Gasteiger partial charge in [-0.05, 0) is 12.5 Å². The maximum Gasteiger partial charge on any atom is 0.335 e. The molecule has 2 N–H and O–H groups in total. The van der Waals surface area contributed by atoms with Crippen LogP contribution in [0.15, 0.2) is 30.3 Å². The first-order valence-electron chi connectivity index (χ1n) is 8.91. The summed E-state index contributed by atoms with van der Waals surface area (Å²) in [7, 11) is 0. The van der Waals surface area contributed by atoms with Crippen LogP contribution in [0, 0.1) is 5.92 Å². The van der Waals surface area contributed by atoms with Crippen molar-refractivity contribution in [2.24, 2.45) is 5.92 Å². The first-order chi connectivity index (χ1) is 12.3. The van der Waals surface area contributed by atoms with E-state index in [4.69, 9.17) is 5.11 Å². The number of aliphatic hydroxyl groups is 1. The average molecular weight is 360 g/mol. The molecule has 2 fully saturated rings. The topological polar surface area (TPSA) is 98.2 Å². The number of rotatable bonds is 4. The van der Waals surface area contributed by atoms with E-state index in [0.717, 1.165) is 5.56 Å². The molecule has 2 aliphatic heterocycles. The number of carbonyl (C=O) groups is 3. The molecule has 2 unspecified atom stereocenters. The molecule has 1 aromatic rings.